The van der Waals surface area contributed by atoms with Crippen LogP contribution in [0, 0.1) is 17.0 Å². The molecule has 0 unspecified atom stereocenters. The van der Waals surface area contributed by atoms with E-state index < -0.39 is 10.5 Å². The van der Waals surface area contributed by atoms with Gasteiger partial charge in [-0.15, -0.1) is 0 Å². The van der Waals surface area contributed by atoms with E-state index in [4.69, 9.17) is 0 Å². The van der Waals surface area contributed by atoms with Gasteiger partial charge in [0.15, 0.2) is 0 Å². The van der Waals surface area contributed by atoms with Crippen LogP contribution in [-0.2, 0) is 0 Å². The maximum atomic E-state index is 11.5. The van der Waals surface area contributed by atoms with E-state index in [-0.39, 0.29) is 11.1 Å². The van der Waals surface area contributed by atoms with Crippen molar-refractivity contribution in [3.63, 3.8) is 0 Å². The van der Waals surface area contributed by atoms with E-state index in [2.05, 4.69) is 25.9 Å². The average molecular weight is 284 g/mol. The lowest BCUT2D eigenvalue weighted by Gasteiger charge is -2.03. The molecule has 16 heavy (non-hydrogen) atoms. The van der Waals surface area contributed by atoms with Crippen LogP contribution in [0.2, 0.25) is 0 Å². The average Bonchev–Trinajstić information content (AvgIpc) is 2.23. The number of aromatic nitrogens is 2. The molecule has 2 aromatic rings. The monoisotopic (exact) mass is 283 g/mol. The Hall–Kier alpha value is -1.76. The van der Waals surface area contributed by atoms with E-state index in [1.807, 2.05) is 0 Å². The molecule has 0 saturated heterocycles. The highest BCUT2D eigenvalue weighted by atomic mass is 79.9. The van der Waals surface area contributed by atoms with E-state index in [1.165, 1.54) is 12.4 Å². The second-order valence-corrected chi connectivity index (χ2v) is 4.01. The van der Waals surface area contributed by atoms with E-state index in [0.29, 0.717) is 15.6 Å². The molecule has 1 N–H and O–H groups in total. The van der Waals surface area contributed by atoms with Gasteiger partial charge in [0.2, 0.25) is 0 Å². The van der Waals surface area contributed by atoms with Crippen molar-refractivity contribution in [2.75, 3.05) is 0 Å². The van der Waals surface area contributed by atoms with Gasteiger partial charge >= 0.3 is 0 Å². The number of nitrogens with one attached hydrogen (secondary N) is 1. The van der Waals surface area contributed by atoms with Crippen LogP contribution in [0.3, 0.4) is 0 Å². The smallest absolute Gasteiger partial charge is 0.274 e. The highest BCUT2D eigenvalue weighted by Crippen LogP contribution is 2.31. The van der Waals surface area contributed by atoms with Gasteiger partial charge in [0.1, 0.15) is 0 Å². The molecular weight excluding hydrogens is 278 g/mol. The van der Waals surface area contributed by atoms with Crippen molar-refractivity contribution in [2.24, 2.45) is 0 Å². The van der Waals surface area contributed by atoms with Crippen molar-refractivity contribution >= 4 is 32.5 Å². The van der Waals surface area contributed by atoms with Crippen LogP contribution < -0.4 is 5.56 Å². The predicted octanol–water partition coefficient (Wildman–Crippen LogP) is 1.90. The van der Waals surface area contributed by atoms with Crippen molar-refractivity contribution in [1.82, 2.24) is 9.97 Å². The van der Waals surface area contributed by atoms with Crippen molar-refractivity contribution in [2.45, 2.75) is 6.92 Å². The second-order valence-electron chi connectivity index (χ2n) is 3.22. The molecule has 82 valence electrons. The van der Waals surface area contributed by atoms with Crippen molar-refractivity contribution in [3.8, 4) is 0 Å². The Balaban J connectivity index is 3.00. The summed E-state index contributed by atoms with van der Waals surface area (Å²) in [6, 6.07) is 1.24. The fourth-order valence-corrected chi connectivity index (χ4v) is 1.96. The van der Waals surface area contributed by atoms with Crippen LogP contribution in [-0.4, -0.2) is 14.9 Å². The van der Waals surface area contributed by atoms with Gasteiger partial charge < -0.3 is 4.98 Å². The van der Waals surface area contributed by atoms with E-state index in [1.54, 1.807) is 6.92 Å². The third-order valence-corrected chi connectivity index (χ3v) is 3.26. The summed E-state index contributed by atoms with van der Waals surface area (Å²) in [7, 11) is 0. The first-order chi connectivity index (χ1) is 7.52. The van der Waals surface area contributed by atoms with Gasteiger partial charge in [0.25, 0.3) is 11.2 Å². The number of halogens is 1. The predicted molar refractivity (Wildman–Crippen MR) is 61.5 cm³/mol. The first kappa shape index (κ1) is 10.7. The number of hydrogen-bond acceptors (Lipinski definition) is 4. The lowest BCUT2D eigenvalue weighted by molar-refractivity contribution is -0.385. The zero-order chi connectivity index (χ0) is 11.9. The van der Waals surface area contributed by atoms with Crippen molar-refractivity contribution < 1.29 is 4.92 Å². The minimum Gasteiger partial charge on any atom is -0.313 e. The molecule has 0 aliphatic heterocycles. The molecule has 0 fully saturated rings. The first-order valence-corrected chi connectivity index (χ1v) is 5.12. The van der Waals surface area contributed by atoms with Crippen LogP contribution >= 0.6 is 15.9 Å². The zero-order valence-electron chi connectivity index (χ0n) is 8.15. The fraction of sp³-hybridized carbons (Fsp3) is 0.111. The Kier molecular flexibility index (Phi) is 2.47. The minimum absolute atomic E-state index is 0.0992. The van der Waals surface area contributed by atoms with Gasteiger partial charge in [-0.1, -0.05) is 0 Å². The molecule has 0 spiro atoms. The number of nitro benzene ring substituents is 1. The third kappa shape index (κ3) is 1.49. The summed E-state index contributed by atoms with van der Waals surface area (Å²) in [5, 5.41) is 11.0. The maximum Gasteiger partial charge on any atom is 0.274 e. The Morgan fingerprint density at radius 1 is 1.56 bits per heavy atom. The number of nitrogens with zero attached hydrogens (tertiary/aromatic N) is 2. The molecule has 0 atom stereocenters. The van der Waals surface area contributed by atoms with Crippen LogP contribution in [0.15, 0.2) is 21.7 Å². The number of hydrogen-bond donors (Lipinski definition) is 1. The van der Waals surface area contributed by atoms with Crippen LogP contribution in [0.1, 0.15) is 5.56 Å². The lowest BCUT2D eigenvalue weighted by Crippen LogP contribution is -2.08. The molecule has 1 heterocycles. The van der Waals surface area contributed by atoms with Crippen LogP contribution in [0.5, 0.6) is 0 Å². The van der Waals surface area contributed by atoms with E-state index >= 15 is 0 Å². The Morgan fingerprint density at radius 2 is 2.25 bits per heavy atom. The summed E-state index contributed by atoms with van der Waals surface area (Å²) in [4.78, 5) is 28.1. The Labute approximate surface area is 97.6 Å². The van der Waals surface area contributed by atoms with E-state index in [0.717, 1.165) is 0 Å². The molecule has 0 radical (unpaired) electrons. The molecule has 0 amide bonds. The molecule has 0 aliphatic rings. The van der Waals surface area contributed by atoms with Gasteiger partial charge in [-0.3, -0.25) is 14.9 Å². The third-order valence-electron chi connectivity index (χ3n) is 2.29. The van der Waals surface area contributed by atoms with Crippen molar-refractivity contribution in [1.29, 1.82) is 0 Å². The molecule has 0 bridgehead atoms. The molecule has 0 saturated carbocycles. The largest absolute Gasteiger partial charge is 0.313 e. The van der Waals surface area contributed by atoms with Crippen LogP contribution in [0.4, 0.5) is 5.69 Å². The first-order valence-electron chi connectivity index (χ1n) is 4.33. The summed E-state index contributed by atoms with van der Waals surface area (Å²) in [5.41, 5.74) is 0.383. The van der Waals surface area contributed by atoms with Crippen LogP contribution in [0.25, 0.3) is 10.9 Å². The highest BCUT2D eigenvalue weighted by molar-refractivity contribution is 9.10. The molecule has 1 aromatic heterocycles. The van der Waals surface area contributed by atoms with Crippen molar-refractivity contribution in [3.05, 3.63) is 42.9 Å². The number of H-pyrrole nitrogens is 1. The molecular formula is C9H6BrN3O3. The zero-order valence-corrected chi connectivity index (χ0v) is 9.74. The van der Waals surface area contributed by atoms with Gasteiger partial charge in [0, 0.05) is 11.6 Å². The SMILES string of the molecule is Cc1c([N+](=O)[O-])cc2c(=O)[nH]cnc2c1Br. The number of aromatic amines is 1. The summed E-state index contributed by atoms with van der Waals surface area (Å²) in [6.07, 6.45) is 1.26. The number of fused-ring (bicyclic) bond motifs is 1. The Morgan fingerprint density at radius 3 is 2.88 bits per heavy atom. The number of rotatable bonds is 1. The summed E-state index contributed by atoms with van der Waals surface area (Å²) < 4.78 is 0.475. The number of nitro groups is 1. The van der Waals surface area contributed by atoms with Gasteiger partial charge in [0.05, 0.1) is 26.6 Å². The van der Waals surface area contributed by atoms with Gasteiger partial charge in [-0.2, -0.15) is 0 Å². The summed E-state index contributed by atoms with van der Waals surface area (Å²) >= 11 is 3.21. The van der Waals surface area contributed by atoms with Gasteiger partial charge in [-0.25, -0.2) is 4.98 Å². The highest BCUT2D eigenvalue weighted by Gasteiger charge is 2.18. The minimum atomic E-state index is -0.522. The second kappa shape index (κ2) is 3.67. The fourth-order valence-electron chi connectivity index (χ4n) is 1.44. The molecule has 2 rings (SSSR count). The van der Waals surface area contributed by atoms with Gasteiger partial charge in [-0.05, 0) is 22.9 Å². The molecule has 6 nitrogen and oxygen atoms in total. The van der Waals surface area contributed by atoms with E-state index in [9.17, 15) is 14.9 Å². The summed E-state index contributed by atoms with van der Waals surface area (Å²) in [5.74, 6) is 0. The quantitative estimate of drug-likeness (QED) is 0.639. The molecule has 1 aromatic carbocycles. The maximum absolute atomic E-state index is 11.5. The Bertz CT molecular complexity index is 650. The lowest BCUT2D eigenvalue weighted by atomic mass is 10.1. The summed E-state index contributed by atoms with van der Waals surface area (Å²) in [6.45, 7) is 1.60. The standard InChI is InChI=1S/C9H6BrN3O3/c1-4-6(13(15)16)2-5-8(7(4)10)11-3-12-9(5)14/h2-3H,1H3,(H,11,12,14). The topological polar surface area (TPSA) is 88.9 Å². The normalized spacial score (nSPS) is 10.6. The molecule has 7 heteroatoms. The molecule has 0 aliphatic carbocycles. The number of benzene rings is 1.